The number of ether oxygens (including phenoxy) is 2. The van der Waals surface area contributed by atoms with E-state index in [-0.39, 0.29) is 0 Å². The van der Waals surface area contributed by atoms with E-state index < -0.39 is 0 Å². The van der Waals surface area contributed by atoms with Gasteiger partial charge in [0.1, 0.15) is 0 Å². The van der Waals surface area contributed by atoms with Crippen molar-refractivity contribution in [2.45, 2.75) is 6.92 Å². The lowest BCUT2D eigenvalue weighted by Crippen LogP contribution is -2.45. The molecule has 2 aliphatic heterocycles. The van der Waals surface area contributed by atoms with Crippen LogP contribution in [-0.4, -0.2) is 48.1 Å². The Bertz CT molecular complexity index is 768. The molecule has 1 aromatic carbocycles. The molecule has 0 amide bonds. The van der Waals surface area contributed by atoms with E-state index in [4.69, 9.17) is 15.2 Å². The molecule has 2 N–H and O–H groups in total. The molecular formula is C16H19N5O2S. The standard InChI is InChI=1S/C16H19N5O2S/c1-11(8-12-2-3-13-14(9-12)23-10-22-13)20-4-6-21(7-5-20)16-19-18-15(17)24-16/h2-3,8-9H,4-7,10H2,1H3,(H2,17,18). The molecule has 0 saturated carbocycles. The van der Waals surface area contributed by atoms with Gasteiger partial charge >= 0.3 is 0 Å². The van der Waals surface area contributed by atoms with Gasteiger partial charge in [-0.1, -0.05) is 17.4 Å². The lowest BCUT2D eigenvalue weighted by atomic mass is 10.1. The third-order valence-corrected chi connectivity index (χ3v) is 5.06. The Morgan fingerprint density at radius 1 is 1.17 bits per heavy atom. The Labute approximate surface area is 144 Å². The van der Waals surface area contributed by atoms with Gasteiger partial charge in [-0.25, -0.2) is 0 Å². The maximum Gasteiger partial charge on any atom is 0.231 e. The molecule has 0 unspecified atom stereocenters. The Balaban J connectivity index is 1.41. The zero-order valence-corrected chi connectivity index (χ0v) is 14.3. The molecule has 1 saturated heterocycles. The van der Waals surface area contributed by atoms with Crippen LogP contribution in [0.4, 0.5) is 10.3 Å². The minimum atomic E-state index is 0.305. The van der Waals surface area contributed by atoms with Crippen LogP contribution in [-0.2, 0) is 0 Å². The van der Waals surface area contributed by atoms with Crippen molar-refractivity contribution in [2.75, 3.05) is 43.6 Å². The van der Waals surface area contributed by atoms with Crippen LogP contribution in [0.2, 0.25) is 0 Å². The van der Waals surface area contributed by atoms with Crippen LogP contribution in [0.3, 0.4) is 0 Å². The van der Waals surface area contributed by atoms with E-state index in [1.54, 1.807) is 0 Å². The van der Waals surface area contributed by atoms with Crippen LogP contribution >= 0.6 is 11.3 Å². The maximum atomic E-state index is 5.66. The van der Waals surface area contributed by atoms with Crippen LogP contribution < -0.4 is 20.1 Å². The lowest BCUT2D eigenvalue weighted by Gasteiger charge is -2.36. The normalized spacial score (nSPS) is 17.5. The van der Waals surface area contributed by atoms with E-state index in [2.05, 4.69) is 39.1 Å². The molecule has 2 aromatic rings. The van der Waals surface area contributed by atoms with Crippen LogP contribution in [0.25, 0.3) is 6.08 Å². The van der Waals surface area contributed by atoms with Crippen LogP contribution in [0.1, 0.15) is 12.5 Å². The molecule has 1 aromatic heterocycles. The van der Waals surface area contributed by atoms with E-state index in [9.17, 15) is 0 Å². The topological polar surface area (TPSA) is 76.7 Å². The van der Waals surface area contributed by atoms with Gasteiger partial charge in [0, 0.05) is 31.9 Å². The van der Waals surface area contributed by atoms with Gasteiger partial charge in [0.15, 0.2) is 11.5 Å². The second-order valence-electron chi connectivity index (χ2n) is 5.80. The molecule has 24 heavy (non-hydrogen) atoms. The number of nitrogens with zero attached hydrogens (tertiary/aromatic N) is 4. The number of aromatic nitrogens is 2. The fraction of sp³-hybridized carbons (Fsp3) is 0.375. The maximum absolute atomic E-state index is 5.66. The number of benzene rings is 1. The Morgan fingerprint density at radius 3 is 2.71 bits per heavy atom. The van der Waals surface area contributed by atoms with Gasteiger partial charge in [0.2, 0.25) is 17.1 Å². The third kappa shape index (κ3) is 2.96. The Kier molecular flexibility index (Phi) is 3.89. The summed E-state index contributed by atoms with van der Waals surface area (Å²) in [6.07, 6.45) is 2.18. The summed E-state index contributed by atoms with van der Waals surface area (Å²) in [5.41, 5.74) is 8.03. The van der Waals surface area contributed by atoms with Gasteiger partial charge in [-0.3, -0.25) is 0 Å². The predicted molar refractivity (Wildman–Crippen MR) is 94.3 cm³/mol. The highest BCUT2D eigenvalue weighted by Crippen LogP contribution is 2.33. The first-order valence-electron chi connectivity index (χ1n) is 7.86. The summed E-state index contributed by atoms with van der Waals surface area (Å²) in [5.74, 6) is 1.63. The van der Waals surface area contributed by atoms with Crippen LogP contribution in [0.15, 0.2) is 23.9 Å². The van der Waals surface area contributed by atoms with Gasteiger partial charge in [-0.2, -0.15) is 0 Å². The number of anilines is 2. The summed E-state index contributed by atoms with van der Waals surface area (Å²) in [7, 11) is 0. The van der Waals surface area contributed by atoms with Crippen molar-refractivity contribution >= 4 is 27.7 Å². The van der Waals surface area contributed by atoms with Crippen molar-refractivity contribution in [1.29, 1.82) is 0 Å². The highest BCUT2D eigenvalue weighted by atomic mass is 32.1. The molecule has 1 fully saturated rings. The lowest BCUT2D eigenvalue weighted by molar-refractivity contribution is 0.174. The summed E-state index contributed by atoms with van der Waals surface area (Å²) in [6.45, 7) is 6.18. The van der Waals surface area contributed by atoms with Crippen molar-refractivity contribution in [3.8, 4) is 11.5 Å². The smallest absolute Gasteiger partial charge is 0.231 e. The monoisotopic (exact) mass is 345 g/mol. The molecule has 0 aliphatic carbocycles. The van der Waals surface area contributed by atoms with Crippen molar-refractivity contribution in [3.05, 3.63) is 29.5 Å². The molecular weight excluding hydrogens is 326 g/mol. The summed E-state index contributed by atoms with van der Waals surface area (Å²) in [4.78, 5) is 4.61. The first-order chi connectivity index (χ1) is 11.7. The molecule has 0 spiro atoms. The zero-order valence-electron chi connectivity index (χ0n) is 13.4. The Morgan fingerprint density at radius 2 is 1.96 bits per heavy atom. The molecule has 4 rings (SSSR count). The van der Waals surface area contributed by atoms with Crippen LogP contribution in [0, 0.1) is 0 Å². The number of hydrogen-bond acceptors (Lipinski definition) is 8. The molecule has 0 atom stereocenters. The fourth-order valence-electron chi connectivity index (χ4n) is 2.94. The molecule has 126 valence electrons. The number of allylic oxidation sites excluding steroid dienone is 1. The molecule has 0 bridgehead atoms. The van der Waals surface area contributed by atoms with Crippen molar-refractivity contribution < 1.29 is 9.47 Å². The van der Waals surface area contributed by atoms with E-state index in [0.29, 0.717) is 11.9 Å². The van der Waals surface area contributed by atoms with Gasteiger partial charge in [0.25, 0.3) is 0 Å². The number of rotatable bonds is 3. The highest BCUT2D eigenvalue weighted by Gasteiger charge is 2.20. The number of piperazine rings is 1. The molecule has 3 heterocycles. The quantitative estimate of drug-likeness (QED) is 0.912. The summed E-state index contributed by atoms with van der Waals surface area (Å²) in [6, 6.07) is 6.03. The number of nitrogen functional groups attached to an aromatic ring is 1. The average molecular weight is 345 g/mol. The molecule has 0 radical (unpaired) electrons. The number of fused-ring (bicyclic) bond motifs is 1. The van der Waals surface area contributed by atoms with E-state index in [1.165, 1.54) is 17.0 Å². The molecule has 7 nitrogen and oxygen atoms in total. The van der Waals surface area contributed by atoms with E-state index in [1.807, 2.05) is 12.1 Å². The zero-order chi connectivity index (χ0) is 16.5. The number of hydrogen-bond donors (Lipinski definition) is 1. The summed E-state index contributed by atoms with van der Waals surface area (Å²) in [5, 5.41) is 9.44. The van der Waals surface area contributed by atoms with Crippen LogP contribution in [0.5, 0.6) is 11.5 Å². The van der Waals surface area contributed by atoms with Crippen molar-refractivity contribution in [3.63, 3.8) is 0 Å². The fourth-order valence-corrected chi connectivity index (χ4v) is 3.60. The average Bonchev–Trinajstić information content (AvgIpc) is 3.23. The van der Waals surface area contributed by atoms with Crippen molar-refractivity contribution in [1.82, 2.24) is 15.1 Å². The third-order valence-electron chi connectivity index (χ3n) is 4.25. The summed E-state index contributed by atoms with van der Waals surface area (Å²) >= 11 is 1.44. The van der Waals surface area contributed by atoms with E-state index >= 15 is 0 Å². The van der Waals surface area contributed by atoms with Gasteiger partial charge in [-0.15, -0.1) is 10.2 Å². The Hall–Kier alpha value is -2.48. The van der Waals surface area contributed by atoms with Gasteiger partial charge in [-0.05, 0) is 30.7 Å². The SMILES string of the molecule is CC(=Cc1ccc2c(c1)OCO2)N1CCN(c2nnc(N)s2)CC1. The van der Waals surface area contributed by atoms with Gasteiger partial charge < -0.3 is 25.0 Å². The minimum Gasteiger partial charge on any atom is -0.454 e. The molecule has 8 heteroatoms. The first-order valence-corrected chi connectivity index (χ1v) is 8.67. The van der Waals surface area contributed by atoms with Gasteiger partial charge in [0.05, 0.1) is 0 Å². The minimum absolute atomic E-state index is 0.305. The number of nitrogens with two attached hydrogens (primary N) is 1. The first kappa shape index (κ1) is 15.1. The van der Waals surface area contributed by atoms with E-state index in [0.717, 1.165) is 48.4 Å². The predicted octanol–water partition coefficient (Wildman–Crippen LogP) is 2.03. The summed E-state index contributed by atoms with van der Waals surface area (Å²) < 4.78 is 10.8. The molecule has 2 aliphatic rings. The van der Waals surface area contributed by atoms with Crippen molar-refractivity contribution in [2.24, 2.45) is 0 Å². The second kappa shape index (κ2) is 6.20. The second-order valence-corrected chi connectivity index (χ2v) is 6.78. The highest BCUT2D eigenvalue weighted by molar-refractivity contribution is 7.18. The largest absolute Gasteiger partial charge is 0.454 e.